The van der Waals surface area contributed by atoms with Crippen LogP contribution >= 0.6 is 0 Å². The molecule has 4 rings (SSSR count). The Morgan fingerprint density at radius 1 is 0.931 bits per heavy atom. The lowest BCUT2D eigenvalue weighted by Crippen LogP contribution is -2.42. The highest BCUT2D eigenvalue weighted by Crippen LogP contribution is 2.33. The Morgan fingerprint density at radius 2 is 1.62 bits per heavy atom. The summed E-state index contributed by atoms with van der Waals surface area (Å²) in [5.74, 6) is -3.78. The molecule has 1 aliphatic heterocycles. The van der Waals surface area contributed by atoms with Crippen LogP contribution in [0.3, 0.4) is 0 Å². The van der Waals surface area contributed by atoms with Crippen LogP contribution in [0, 0.1) is 0 Å². The maximum Gasteiger partial charge on any atom is 0.341 e. The van der Waals surface area contributed by atoms with E-state index in [0.717, 1.165) is 23.4 Å². The van der Waals surface area contributed by atoms with E-state index < -0.39 is 20.5 Å². The minimum atomic E-state index is -4.69. The smallest absolute Gasteiger partial charge is 0.341 e. The largest absolute Gasteiger partial charge is 0.348 e. The molecule has 1 amide bonds. The first-order chi connectivity index (χ1) is 13.9. The molecule has 2 heterocycles. The molecular weight excluding hydrogens is 398 g/mol. The number of nitrogens with zero attached hydrogens (tertiary/aromatic N) is 2. The van der Waals surface area contributed by atoms with E-state index in [9.17, 15) is 22.0 Å². The summed E-state index contributed by atoms with van der Waals surface area (Å²) in [6, 6.07) is 17.9. The third-order valence-corrected chi connectivity index (χ3v) is 6.48. The number of carbonyl (C=O) groups excluding carboxylic acids is 1. The zero-order valence-electron chi connectivity index (χ0n) is 15.3. The van der Waals surface area contributed by atoms with E-state index in [1.165, 1.54) is 12.1 Å². The SMILES string of the molecule is O=C(c1ccc(S(=O)(=O)C(F)F)cc1)N1CCn2cccc2C1c1ccccc1. The van der Waals surface area contributed by atoms with Gasteiger partial charge >= 0.3 is 5.76 Å². The van der Waals surface area contributed by atoms with Crippen LogP contribution in [0.15, 0.2) is 77.8 Å². The Labute approximate surface area is 167 Å². The van der Waals surface area contributed by atoms with Crippen molar-refractivity contribution in [3.05, 3.63) is 89.7 Å². The Balaban J connectivity index is 1.69. The minimum absolute atomic E-state index is 0.249. The average Bonchev–Trinajstić information content (AvgIpc) is 3.22. The highest BCUT2D eigenvalue weighted by atomic mass is 32.2. The summed E-state index contributed by atoms with van der Waals surface area (Å²) in [4.78, 5) is 14.4. The zero-order valence-corrected chi connectivity index (χ0v) is 16.1. The quantitative estimate of drug-likeness (QED) is 0.651. The molecule has 29 heavy (non-hydrogen) atoms. The number of halogens is 2. The van der Waals surface area contributed by atoms with Crippen molar-refractivity contribution in [3.8, 4) is 0 Å². The first-order valence-electron chi connectivity index (χ1n) is 9.02. The molecule has 0 saturated heterocycles. The molecule has 150 valence electrons. The fraction of sp³-hybridized carbons (Fsp3) is 0.190. The van der Waals surface area contributed by atoms with Crippen molar-refractivity contribution >= 4 is 15.7 Å². The molecule has 2 aromatic carbocycles. The minimum Gasteiger partial charge on any atom is -0.348 e. The Kier molecular flexibility index (Phi) is 4.96. The van der Waals surface area contributed by atoms with Gasteiger partial charge in [0.2, 0.25) is 9.84 Å². The van der Waals surface area contributed by atoms with E-state index in [0.29, 0.717) is 13.1 Å². The van der Waals surface area contributed by atoms with Gasteiger partial charge < -0.3 is 9.47 Å². The van der Waals surface area contributed by atoms with E-state index >= 15 is 0 Å². The van der Waals surface area contributed by atoms with Crippen LogP contribution in [0.1, 0.15) is 27.7 Å². The number of hydrogen-bond acceptors (Lipinski definition) is 3. The van der Waals surface area contributed by atoms with Crippen molar-refractivity contribution < 1.29 is 22.0 Å². The van der Waals surface area contributed by atoms with Crippen molar-refractivity contribution in [1.29, 1.82) is 0 Å². The molecular formula is C21H18F2N2O3S. The summed E-state index contributed by atoms with van der Waals surface area (Å²) in [5, 5.41) is 0. The molecule has 0 N–H and O–H groups in total. The van der Waals surface area contributed by atoms with Gasteiger partial charge in [0, 0.05) is 30.5 Å². The molecule has 1 aliphatic rings. The van der Waals surface area contributed by atoms with Crippen molar-refractivity contribution in [1.82, 2.24) is 9.47 Å². The van der Waals surface area contributed by atoms with Gasteiger partial charge in [0.25, 0.3) is 5.91 Å². The predicted octanol–water partition coefficient (Wildman–Crippen LogP) is 3.73. The third kappa shape index (κ3) is 3.44. The normalized spacial score (nSPS) is 16.7. The van der Waals surface area contributed by atoms with Crippen molar-refractivity contribution in [2.75, 3.05) is 6.54 Å². The second-order valence-electron chi connectivity index (χ2n) is 6.77. The lowest BCUT2D eigenvalue weighted by molar-refractivity contribution is 0.0664. The molecule has 1 unspecified atom stereocenters. The van der Waals surface area contributed by atoms with Crippen LogP contribution in [-0.4, -0.2) is 36.1 Å². The number of amides is 1. The number of rotatable bonds is 4. The maximum absolute atomic E-state index is 13.2. The highest BCUT2D eigenvalue weighted by molar-refractivity contribution is 7.91. The summed E-state index contributed by atoms with van der Waals surface area (Å²) in [7, 11) is -4.69. The lowest BCUT2D eigenvalue weighted by Gasteiger charge is -2.37. The molecule has 0 spiro atoms. The number of sulfone groups is 1. The molecule has 0 saturated carbocycles. The number of aromatic nitrogens is 1. The molecule has 1 aromatic heterocycles. The Morgan fingerprint density at radius 3 is 2.28 bits per heavy atom. The fourth-order valence-corrected chi connectivity index (χ4v) is 4.37. The van der Waals surface area contributed by atoms with Gasteiger partial charge in [-0.25, -0.2) is 8.42 Å². The van der Waals surface area contributed by atoms with Gasteiger partial charge in [0.1, 0.15) is 0 Å². The standard InChI is InChI=1S/C21H18F2N2O3S/c22-21(23)29(27,28)17-10-8-16(9-11-17)20(26)25-14-13-24-12-4-7-18(24)19(25)15-5-2-1-3-6-15/h1-12,19,21H,13-14H2. The van der Waals surface area contributed by atoms with Gasteiger partial charge in [0.05, 0.1) is 10.9 Å². The topological polar surface area (TPSA) is 59.4 Å². The van der Waals surface area contributed by atoms with Gasteiger partial charge in [-0.15, -0.1) is 0 Å². The molecule has 3 aromatic rings. The number of carbonyl (C=O) groups is 1. The van der Waals surface area contributed by atoms with Gasteiger partial charge in [-0.1, -0.05) is 30.3 Å². The monoisotopic (exact) mass is 416 g/mol. The van der Waals surface area contributed by atoms with Gasteiger partial charge in [0.15, 0.2) is 0 Å². The van der Waals surface area contributed by atoms with Crippen molar-refractivity contribution in [2.45, 2.75) is 23.2 Å². The van der Waals surface area contributed by atoms with Gasteiger partial charge in [-0.2, -0.15) is 8.78 Å². The van der Waals surface area contributed by atoms with Crippen LogP contribution in [0.5, 0.6) is 0 Å². The van der Waals surface area contributed by atoms with E-state index in [4.69, 9.17) is 0 Å². The first kappa shape index (κ1) is 19.3. The van der Waals surface area contributed by atoms with E-state index in [-0.39, 0.29) is 17.5 Å². The highest BCUT2D eigenvalue weighted by Gasteiger charge is 2.33. The molecule has 0 aliphatic carbocycles. The fourth-order valence-electron chi connectivity index (χ4n) is 3.64. The average molecular weight is 416 g/mol. The van der Waals surface area contributed by atoms with Crippen molar-refractivity contribution in [3.63, 3.8) is 0 Å². The summed E-state index contributed by atoms with van der Waals surface area (Å²) in [6.07, 6.45) is 1.97. The Bertz CT molecular complexity index is 1130. The molecule has 8 heteroatoms. The van der Waals surface area contributed by atoms with Crippen LogP contribution in [-0.2, 0) is 16.4 Å². The number of alkyl halides is 2. The molecule has 0 bridgehead atoms. The number of hydrogen-bond donors (Lipinski definition) is 0. The molecule has 0 radical (unpaired) electrons. The second kappa shape index (κ2) is 7.44. The Hall–Kier alpha value is -3.00. The lowest BCUT2D eigenvalue weighted by atomic mass is 9.99. The van der Waals surface area contributed by atoms with Crippen LogP contribution in [0.25, 0.3) is 0 Å². The van der Waals surface area contributed by atoms with E-state index in [1.54, 1.807) is 4.90 Å². The molecule has 1 atom stereocenters. The number of fused-ring (bicyclic) bond motifs is 1. The number of benzene rings is 2. The van der Waals surface area contributed by atoms with Gasteiger partial charge in [-0.05, 0) is 42.0 Å². The zero-order chi connectivity index (χ0) is 20.6. The van der Waals surface area contributed by atoms with E-state index in [1.807, 2.05) is 48.7 Å². The predicted molar refractivity (Wildman–Crippen MR) is 103 cm³/mol. The molecule has 5 nitrogen and oxygen atoms in total. The summed E-state index contributed by atoms with van der Waals surface area (Å²) in [6.45, 7) is 1.10. The maximum atomic E-state index is 13.2. The van der Waals surface area contributed by atoms with E-state index in [2.05, 4.69) is 4.57 Å². The first-order valence-corrected chi connectivity index (χ1v) is 10.6. The second-order valence-corrected chi connectivity index (χ2v) is 8.69. The summed E-state index contributed by atoms with van der Waals surface area (Å²) in [5.41, 5.74) is 2.18. The van der Waals surface area contributed by atoms with Crippen molar-refractivity contribution in [2.24, 2.45) is 0 Å². The molecule has 0 fully saturated rings. The van der Waals surface area contributed by atoms with Crippen LogP contribution in [0.4, 0.5) is 8.78 Å². The van der Waals surface area contributed by atoms with Crippen LogP contribution in [0.2, 0.25) is 0 Å². The van der Waals surface area contributed by atoms with Gasteiger partial charge in [-0.3, -0.25) is 4.79 Å². The van der Waals surface area contributed by atoms with Crippen LogP contribution < -0.4 is 0 Å². The summed E-state index contributed by atoms with van der Waals surface area (Å²) < 4.78 is 50.8. The third-order valence-electron chi connectivity index (χ3n) is 5.08. The summed E-state index contributed by atoms with van der Waals surface area (Å²) >= 11 is 0.